The van der Waals surface area contributed by atoms with Gasteiger partial charge in [0.05, 0.1) is 17.7 Å². The molecule has 0 fully saturated rings. The molecule has 23 heavy (non-hydrogen) atoms. The number of nitrogens with one attached hydrogen (secondary N) is 1. The molecule has 116 valence electrons. The third-order valence-corrected chi connectivity index (χ3v) is 3.20. The molecule has 1 heterocycles. The van der Waals surface area contributed by atoms with Crippen LogP contribution >= 0.6 is 0 Å². The topological polar surface area (TPSA) is 81.2 Å². The fourth-order valence-corrected chi connectivity index (χ4v) is 2.07. The zero-order valence-corrected chi connectivity index (χ0v) is 11.9. The summed E-state index contributed by atoms with van der Waals surface area (Å²) in [7, 11) is 0. The van der Waals surface area contributed by atoms with E-state index in [0.29, 0.717) is 17.3 Å². The van der Waals surface area contributed by atoms with Gasteiger partial charge in [0.25, 0.3) is 0 Å². The van der Waals surface area contributed by atoms with Crippen molar-refractivity contribution in [3.05, 3.63) is 76.6 Å². The molecule has 1 aromatic heterocycles. The van der Waals surface area contributed by atoms with E-state index in [4.69, 9.17) is 4.42 Å². The molecule has 0 unspecified atom stereocenters. The highest BCUT2D eigenvalue weighted by Crippen LogP contribution is 2.23. The Bertz CT molecular complexity index is 834. The number of oxazole rings is 1. The molecule has 0 bridgehead atoms. The largest absolute Gasteiger partial charge is 0.439 e. The summed E-state index contributed by atoms with van der Waals surface area (Å²) in [6, 6.07) is 13.1. The molecule has 3 aromatic rings. The molecular weight excluding hydrogens is 301 g/mol. The molecule has 0 atom stereocenters. The Morgan fingerprint density at radius 1 is 1.22 bits per heavy atom. The Hall–Kier alpha value is -3.22. The van der Waals surface area contributed by atoms with E-state index in [9.17, 15) is 14.5 Å². The highest BCUT2D eigenvalue weighted by atomic mass is 19.1. The zero-order valence-electron chi connectivity index (χ0n) is 11.9. The number of nitro groups is 1. The highest BCUT2D eigenvalue weighted by molar-refractivity contribution is 5.56. The minimum atomic E-state index is -0.872. The number of nitro benzene ring substituents is 1. The van der Waals surface area contributed by atoms with Crippen molar-refractivity contribution in [3.8, 4) is 11.3 Å². The van der Waals surface area contributed by atoms with Crippen molar-refractivity contribution in [2.24, 2.45) is 0 Å². The Morgan fingerprint density at radius 3 is 2.74 bits per heavy atom. The minimum absolute atomic E-state index is 0.232. The number of nitrogens with zero attached hydrogens (tertiary/aromatic N) is 2. The van der Waals surface area contributed by atoms with Crippen LogP contribution in [-0.2, 0) is 6.54 Å². The maximum Gasteiger partial charge on any atom is 0.306 e. The molecular formula is C16H12FN3O3. The SMILES string of the molecule is O=[N+]([O-])c1cc(NCc2ncc(-c3ccccc3)o2)ccc1F. The Labute approximate surface area is 130 Å². The standard InChI is InChI=1S/C16H12FN3O3/c17-13-7-6-12(8-14(13)20(21)22)18-10-16-19-9-15(23-16)11-4-2-1-3-5-11/h1-9,18H,10H2. The molecule has 0 spiro atoms. The van der Waals surface area contributed by atoms with Crippen molar-refractivity contribution in [1.29, 1.82) is 0 Å². The number of benzene rings is 2. The number of rotatable bonds is 5. The molecule has 0 aliphatic heterocycles. The van der Waals surface area contributed by atoms with E-state index in [-0.39, 0.29) is 6.54 Å². The van der Waals surface area contributed by atoms with Crippen LogP contribution in [0.4, 0.5) is 15.8 Å². The number of aromatic nitrogens is 1. The first-order valence-electron chi connectivity index (χ1n) is 6.81. The van der Waals surface area contributed by atoms with Gasteiger partial charge in [0, 0.05) is 17.3 Å². The van der Waals surface area contributed by atoms with Crippen molar-refractivity contribution in [1.82, 2.24) is 4.98 Å². The maximum atomic E-state index is 13.3. The van der Waals surface area contributed by atoms with Gasteiger partial charge >= 0.3 is 5.69 Å². The van der Waals surface area contributed by atoms with Crippen LogP contribution in [0.5, 0.6) is 0 Å². The molecule has 0 aliphatic carbocycles. The summed E-state index contributed by atoms with van der Waals surface area (Å²) in [5.41, 5.74) is 0.744. The van der Waals surface area contributed by atoms with E-state index in [1.54, 1.807) is 6.20 Å². The van der Waals surface area contributed by atoms with E-state index >= 15 is 0 Å². The molecule has 6 nitrogen and oxygen atoms in total. The van der Waals surface area contributed by atoms with Gasteiger partial charge in [-0.1, -0.05) is 30.3 Å². The lowest BCUT2D eigenvalue weighted by atomic mass is 10.2. The molecule has 0 amide bonds. The molecule has 1 N–H and O–H groups in total. The Balaban J connectivity index is 1.71. The van der Waals surface area contributed by atoms with Crippen molar-refractivity contribution in [2.75, 3.05) is 5.32 Å². The molecule has 3 rings (SSSR count). The van der Waals surface area contributed by atoms with E-state index < -0.39 is 16.4 Å². The maximum absolute atomic E-state index is 13.3. The second kappa shape index (κ2) is 6.27. The fourth-order valence-electron chi connectivity index (χ4n) is 2.07. The van der Waals surface area contributed by atoms with Crippen LogP contribution in [0.2, 0.25) is 0 Å². The Kier molecular flexibility index (Phi) is 4.01. The molecule has 2 aromatic carbocycles. The van der Waals surface area contributed by atoms with Crippen molar-refractivity contribution in [2.45, 2.75) is 6.54 Å². The van der Waals surface area contributed by atoms with Gasteiger partial charge in [-0.15, -0.1) is 0 Å². The van der Waals surface area contributed by atoms with E-state index in [1.165, 1.54) is 6.07 Å². The average molecular weight is 313 g/mol. The summed E-state index contributed by atoms with van der Waals surface area (Å²) in [4.78, 5) is 14.1. The highest BCUT2D eigenvalue weighted by Gasteiger charge is 2.14. The van der Waals surface area contributed by atoms with Crippen molar-refractivity contribution >= 4 is 11.4 Å². The monoisotopic (exact) mass is 313 g/mol. The van der Waals surface area contributed by atoms with Gasteiger partial charge < -0.3 is 9.73 Å². The first-order chi connectivity index (χ1) is 11.1. The summed E-state index contributed by atoms with van der Waals surface area (Å²) in [6.07, 6.45) is 1.61. The van der Waals surface area contributed by atoms with Crippen molar-refractivity contribution in [3.63, 3.8) is 0 Å². The van der Waals surface area contributed by atoms with Gasteiger partial charge in [-0.3, -0.25) is 10.1 Å². The smallest absolute Gasteiger partial charge is 0.306 e. The van der Waals surface area contributed by atoms with Gasteiger partial charge in [0.1, 0.15) is 0 Å². The second-order valence-electron chi connectivity index (χ2n) is 4.76. The lowest BCUT2D eigenvalue weighted by Gasteiger charge is -2.04. The first kappa shape index (κ1) is 14.7. The van der Waals surface area contributed by atoms with Crippen LogP contribution < -0.4 is 5.32 Å². The summed E-state index contributed by atoms with van der Waals surface area (Å²) < 4.78 is 18.9. The van der Waals surface area contributed by atoms with E-state index in [0.717, 1.165) is 17.7 Å². The van der Waals surface area contributed by atoms with Crippen molar-refractivity contribution < 1.29 is 13.7 Å². The minimum Gasteiger partial charge on any atom is -0.439 e. The fraction of sp³-hybridized carbons (Fsp3) is 0.0625. The number of anilines is 1. The van der Waals surface area contributed by atoms with E-state index in [1.807, 2.05) is 30.3 Å². The van der Waals surface area contributed by atoms with Gasteiger partial charge in [-0.05, 0) is 12.1 Å². The summed E-state index contributed by atoms with van der Waals surface area (Å²) in [5.74, 6) is 0.186. The molecule has 0 aliphatic rings. The molecule has 0 saturated heterocycles. The molecule has 0 radical (unpaired) electrons. The first-order valence-corrected chi connectivity index (χ1v) is 6.81. The summed E-state index contributed by atoms with van der Waals surface area (Å²) in [5, 5.41) is 13.6. The van der Waals surface area contributed by atoms with Crippen LogP contribution in [0.3, 0.4) is 0 Å². The molecule has 0 saturated carbocycles. The van der Waals surface area contributed by atoms with Crippen LogP contribution in [0.25, 0.3) is 11.3 Å². The van der Waals surface area contributed by atoms with Gasteiger partial charge in [-0.2, -0.15) is 4.39 Å². The number of hydrogen-bond acceptors (Lipinski definition) is 5. The predicted octanol–water partition coefficient (Wildman–Crippen LogP) is 4.00. The van der Waals surface area contributed by atoms with Gasteiger partial charge in [-0.25, -0.2) is 4.98 Å². The molecule has 7 heteroatoms. The number of halogens is 1. The van der Waals surface area contributed by atoms with Crippen LogP contribution in [-0.4, -0.2) is 9.91 Å². The normalized spacial score (nSPS) is 10.5. The summed E-state index contributed by atoms with van der Waals surface area (Å²) in [6.45, 7) is 0.232. The van der Waals surface area contributed by atoms with Gasteiger partial charge in [0.15, 0.2) is 5.76 Å². The zero-order chi connectivity index (χ0) is 16.2. The predicted molar refractivity (Wildman–Crippen MR) is 82.3 cm³/mol. The quantitative estimate of drug-likeness (QED) is 0.568. The number of hydrogen-bond donors (Lipinski definition) is 1. The van der Waals surface area contributed by atoms with Gasteiger partial charge in [0.2, 0.25) is 11.7 Å². The third-order valence-electron chi connectivity index (χ3n) is 3.20. The average Bonchev–Trinajstić information content (AvgIpc) is 3.03. The van der Waals surface area contributed by atoms with Crippen LogP contribution in [0.15, 0.2) is 59.1 Å². The third kappa shape index (κ3) is 3.34. The van der Waals surface area contributed by atoms with Crippen LogP contribution in [0, 0.1) is 15.9 Å². The van der Waals surface area contributed by atoms with E-state index in [2.05, 4.69) is 10.3 Å². The lowest BCUT2D eigenvalue weighted by Crippen LogP contribution is -2.01. The Morgan fingerprint density at radius 2 is 2.00 bits per heavy atom. The second-order valence-corrected chi connectivity index (χ2v) is 4.76. The summed E-state index contributed by atoms with van der Waals surface area (Å²) >= 11 is 0. The lowest BCUT2D eigenvalue weighted by molar-refractivity contribution is -0.387. The van der Waals surface area contributed by atoms with Crippen LogP contribution in [0.1, 0.15) is 5.89 Å².